The number of rotatable bonds is 3. The molecule has 3 aromatic rings. The topological polar surface area (TPSA) is 37.6 Å². The van der Waals surface area contributed by atoms with Crippen LogP contribution in [-0.2, 0) is 11.3 Å². The van der Waals surface area contributed by atoms with Gasteiger partial charge in [0, 0.05) is 24.7 Å². The van der Waals surface area contributed by atoms with Gasteiger partial charge in [-0.25, -0.2) is 4.98 Å². The number of β-lactam (4-membered cyclic amide) rings is 1. The van der Waals surface area contributed by atoms with Gasteiger partial charge in [-0.1, -0.05) is 41.9 Å². The van der Waals surface area contributed by atoms with Crippen LogP contribution in [0.3, 0.4) is 0 Å². The van der Waals surface area contributed by atoms with Crippen molar-refractivity contribution in [2.24, 2.45) is 0 Å². The van der Waals surface area contributed by atoms with Gasteiger partial charge < -0.3 is 9.30 Å². The summed E-state index contributed by atoms with van der Waals surface area (Å²) < 4.78 is 1.98. The highest BCUT2D eigenvalue weighted by Gasteiger charge is 2.26. The Morgan fingerprint density at radius 2 is 1.95 bits per heavy atom. The molecule has 0 atom stereocenters. The highest BCUT2D eigenvalue weighted by Crippen LogP contribution is 2.28. The summed E-state index contributed by atoms with van der Waals surface area (Å²) in [6, 6.07) is 13.8. The van der Waals surface area contributed by atoms with Gasteiger partial charge in [-0.3, -0.25) is 4.79 Å². The average Bonchev–Trinajstić information content (AvgIpc) is 2.89. The molecule has 0 unspecified atom stereocenters. The number of hydrogen-bond donors (Lipinski definition) is 0. The first-order valence-corrected chi connectivity index (χ1v) is 7.60. The van der Waals surface area contributed by atoms with Crippen molar-refractivity contribution in [3.63, 3.8) is 0 Å². The summed E-state index contributed by atoms with van der Waals surface area (Å²) in [5, 5.41) is 0.653. The summed E-state index contributed by atoms with van der Waals surface area (Å²) in [5.74, 6) is 0.191. The Morgan fingerprint density at radius 1 is 1.14 bits per heavy atom. The monoisotopic (exact) mass is 311 g/mol. The minimum atomic E-state index is 0.191. The van der Waals surface area contributed by atoms with Gasteiger partial charge in [-0.15, -0.1) is 0 Å². The third kappa shape index (κ3) is 2.16. The molecular weight excluding hydrogens is 298 g/mol. The van der Waals surface area contributed by atoms with E-state index in [4.69, 9.17) is 16.6 Å². The number of fused-ring (bicyclic) bond motifs is 1. The lowest BCUT2D eigenvalue weighted by Gasteiger charge is -2.30. The van der Waals surface area contributed by atoms with E-state index in [1.807, 2.05) is 58.0 Å². The maximum Gasteiger partial charge on any atom is 0.224 e. The van der Waals surface area contributed by atoms with E-state index >= 15 is 0 Å². The second kappa shape index (κ2) is 5.14. The first-order chi connectivity index (χ1) is 10.7. The number of halogens is 1. The minimum absolute atomic E-state index is 0.191. The van der Waals surface area contributed by atoms with E-state index in [1.165, 1.54) is 0 Å². The molecule has 1 aromatic carbocycles. The summed E-state index contributed by atoms with van der Waals surface area (Å²) in [4.78, 5) is 18.2. The highest BCUT2D eigenvalue weighted by atomic mass is 35.5. The van der Waals surface area contributed by atoms with Crippen LogP contribution in [0.2, 0.25) is 5.02 Å². The van der Waals surface area contributed by atoms with Crippen molar-refractivity contribution in [2.75, 3.05) is 6.54 Å². The van der Waals surface area contributed by atoms with E-state index in [9.17, 15) is 4.79 Å². The normalized spacial score (nSPS) is 14.4. The summed E-state index contributed by atoms with van der Waals surface area (Å²) >= 11 is 6.13. The molecule has 110 valence electrons. The van der Waals surface area contributed by atoms with Crippen LogP contribution in [0.1, 0.15) is 12.1 Å². The maximum absolute atomic E-state index is 11.7. The molecule has 0 aliphatic carbocycles. The zero-order valence-electron chi connectivity index (χ0n) is 11.9. The van der Waals surface area contributed by atoms with Crippen molar-refractivity contribution in [1.82, 2.24) is 14.3 Å². The minimum Gasteiger partial charge on any atom is -0.336 e. The SMILES string of the molecule is O=C1CCN1Cc1c(-c2ccccc2)nc2ccc(Cl)cn12. The number of benzene rings is 1. The molecule has 0 bridgehead atoms. The molecular formula is C17H14ClN3O. The Hall–Kier alpha value is -2.33. The number of hydrogen-bond acceptors (Lipinski definition) is 2. The van der Waals surface area contributed by atoms with Crippen molar-refractivity contribution in [3.05, 3.63) is 59.4 Å². The Bertz CT molecular complexity index is 857. The first-order valence-electron chi connectivity index (χ1n) is 7.22. The van der Waals surface area contributed by atoms with Crippen LogP contribution in [0.25, 0.3) is 16.9 Å². The standard InChI is InChI=1S/C17H14ClN3O/c18-13-6-7-15-19-17(12-4-2-1-3-5-12)14(21(15)10-13)11-20-9-8-16(20)22/h1-7,10H,8-9,11H2. The summed E-state index contributed by atoms with van der Waals surface area (Å²) in [6.45, 7) is 1.37. The maximum atomic E-state index is 11.7. The molecule has 2 aromatic heterocycles. The van der Waals surface area contributed by atoms with Crippen LogP contribution in [0, 0.1) is 0 Å². The molecule has 3 heterocycles. The van der Waals surface area contributed by atoms with Gasteiger partial charge in [0.15, 0.2) is 0 Å². The van der Waals surface area contributed by atoms with Crippen LogP contribution < -0.4 is 0 Å². The number of aromatic nitrogens is 2. The highest BCUT2D eigenvalue weighted by molar-refractivity contribution is 6.30. The van der Waals surface area contributed by atoms with Gasteiger partial charge >= 0.3 is 0 Å². The van der Waals surface area contributed by atoms with Gasteiger partial charge in [-0.2, -0.15) is 0 Å². The van der Waals surface area contributed by atoms with Crippen LogP contribution in [0.5, 0.6) is 0 Å². The third-order valence-corrected chi connectivity index (χ3v) is 4.24. The van der Waals surface area contributed by atoms with E-state index in [1.54, 1.807) is 0 Å². The lowest BCUT2D eigenvalue weighted by atomic mass is 10.1. The van der Waals surface area contributed by atoms with Gasteiger partial charge in [0.2, 0.25) is 5.91 Å². The lowest BCUT2D eigenvalue weighted by molar-refractivity contribution is -0.140. The second-order valence-corrected chi connectivity index (χ2v) is 5.85. The predicted octanol–water partition coefficient (Wildman–Crippen LogP) is 3.39. The number of pyridine rings is 1. The first kappa shape index (κ1) is 13.3. The largest absolute Gasteiger partial charge is 0.336 e. The average molecular weight is 312 g/mol. The number of carbonyl (C=O) groups is 1. The Balaban J connectivity index is 1.89. The fourth-order valence-electron chi connectivity index (χ4n) is 2.75. The third-order valence-electron chi connectivity index (χ3n) is 4.02. The molecule has 1 aliphatic rings. The van der Waals surface area contributed by atoms with Gasteiger partial charge in [0.1, 0.15) is 5.65 Å². The van der Waals surface area contributed by atoms with Crippen LogP contribution in [-0.4, -0.2) is 26.7 Å². The predicted molar refractivity (Wildman–Crippen MR) is 85.7 cm³/mol. The van der Waals surface area contributed by atoms with Crippen molar-refractivity contribution in [3.8, 4) is 11.3 Å². The molecule has 4 nitrogen and oxygen atoms in total. The molecule has 5 heteroatoms. The second-order valence-electron chi connectivity index (χ2n) is 5.41. The van der Waals surface area contributed by atoms with Crippen LogP contribution in [0.4, 0.5) is 0 Å². The van der Waals surface area contributed by atoms with Crippen molar-refractivity contribution >= 4 is 23.2 Å². The summed E-state index contributed by atoms with van der Waals surface area (Å²) in [7, 11) is 0. The van der Waals surface area contributed by atoms with Crippen molar-refractivity contribution in [2.45, 2.75) is 13.0 Å². The van der Waals surface area contributed by atoms with Crippen molar-refractivity contribution in [1.29, 1.82) is 0 Å². The van der Waals surface area contributed by atoms with Crippen LogP contribution in [0.15, 0.2) is 48.7 Å². The smallest absolute Gasteiger partial charge is 0.224 e. The van der Waals surface area contributed by atoms with E-state index < -0.39 is 0 Å². The number of nitrogens with zero attached hydrogens (tertiary/aromatic N) is 3. The fraction of sp³-hybridized carbons (Fsp3) is 0.176. The fourth-order valence-corrected chi connectivity index (χ4v) is 2.92. The molecule has 1 amide bonds. The Labute approximate surface area is 133 Å². The molecule has 1 saturated heterocycles. The molecule has 1 aliphatic heterocycles. The molecule has 0 saturated carbocycles. The zero-order chi connectivity index (χ0) is 15.1. The van der Waals surface area contributed by atoms with Gasteiger partial charge in [0.25, 0.3) is 0 Å². The van der Waals surface area contributed by atoms with E-state index in [2.05, 4.69) is 0 Å². The van der Waals surface area contributed by atoms with Crippen molar-refractivity contribution < 1.29 is 4.79 Å². The molecule has 4 rings (SSSR count). The summed E-state index contributed by atoms with van der Waals surface area (Å²) in [6.07, 6.45) is 2.49. The van der Waals surface area contributed by atoms with Crippen LogP contribution >= 0.6 is 11.6 Å². The Morgan fingerprint density at radius 3 is 2.64 bits per heavy atom. The number of amides is 1. The molecule has 0 spiro atoms. The molecule has 22 heavy (non-hydrogen) atoms. The Kier molecular flexibility index (Phi) is 3.12. The van der Waals surface area contributed by atoms with Gasteiger partial charge in [0.05, 0.1) is 23.0 Å². The number of carbonyl (C=O) groups excluding carboxylic acids is 1. The van der Waals surface area contributed by atoms with Gasteiger partial charge in [-0.05, 0) is 12.1 Å². The summed E-state index contributed by atoms with van der Waals surface area (Å²) in [5.41, 5.74) is 3.79. The zero-order valence-corrected chi connectivity index (χ0v) is 12.6. The number of likely N-dealkylation sites (tertiary alicyclic amines) is 1. The molecule has 1 fully saturated rings. The molecule has 0 radical (unpaired) electrons. The van der Waals surface area contributed by atoms with E-state index in [0.29, 0.717) is 18.0 Å². The van der Waals surface area contributed by atoms with E-state index in [-0.39, 0.29) is 5.91 Å². The quantitative estimate of drug-likeness (QED) is 0.695. The lowest BCUT2D eigenvalue weighted by Crippen LogP contribution is -2.42. The van der Waals surface area contributed by atoms with E-state index in [0.717, 1.165) is 29.1 Å². The molecule has 0 N–H and O–H groups in total. The number of imidazole rings is 1.